The molecule has 0 radical (unpaired) electrons. The summed E-state index contributed by atoms with van der Waals surface area (Å²) in [6.45, 7) is 0. The second kappa shape index (κ2) is 12.1. The van der Waals surface area contributed by atoms with Crippen molar-refractivity contribution in [3.05, 3.63) is 222 Å². The van der Waals surface area contributed by atoms with Crippen molar-refractivity contribution in [2.45, 2.75) is 5.41 Å². The number of anilines is 3. The zero-order valence-corrected chi connectivity index (χ0v) is 27.4. The van der Waals surface area contributed by atoms with Crippen LogP contribution in [0.4, 0.5) is 17.1 Å². The number of nitriles is 1. The Bertz CT molecular complexity index is 2510. The van der Waals surface area contributed by atoms with E-state index in [4.69, 9.17) is 0 Å². The Morgan fingerprint density at radius 1 is 0.400 bits per heavy atom. The minimum Gasteiger partial charge on any atom is -0.310 e. The lowest BCUT2D eigenvalue weighted by molar-refractivity contribution is 0.770. The van der Waals surface area contributed by atoms with Crippen LogP contribution in [0.2, 0.25) is 0 Å². The average Bonchev–Trinajstić information content (AvgIpc) is 3.47. The number of nitrogens with zero attached hydrogens (tertiary/aromatic N) is 2. The summed E-state index contributed by atoms with van der Waals surface area (Å²) in [5.74, 6) is 0. The largest absolute Gasteiger partial charge is 0.310 e. The van der Waals surface area contributed by atoms with Crippen molar-refractivity contribution in [1.29, 1.82) is 5.26 Å². The molecule has 1 unspecified atom stereocenters. The van der Waals surface area contributed by atoms with E-state index in [2.05, 4.69) is 199 Å². The fraction of sp³-hybridized carbons (Fsp3) is 0.0208. The maximum atomic E-state index is 9.97. The summed E-state index contributed by atoms with van der Waals surface area (Å²) in [4.78, 5) is 2.31. The number of para-hydroxylation sites is 2. The number of rotatable bonds is 6. The van der Waals surface area contributed by atoms with Gasteiger partial charge >= 0.3 is 0 Å². The molecule has 8 aromatic rings. The van der Waals surface area contributed by atoms with Crippen LogP contribution >= 0.6 is 0 Å². The van der Waals surface area contributed by atoms with Crippen LogP contribution in [-0.2, 0) is 5.41 Å². The van der Waals surface area contributed by atoms with Gasteiger partial charge in [-0.05, 0) is 122 Å². The Morgan fingerprint density at radius 3 is 1.62 bits per heavy atom. The van der Waals surface area contributed by atoms with Gasteiger partial charge in [0.1, 0.15) is 0 Å². The highest BCUT2D eigenvalue weighted by Gasteiger charge is 2.46. The molecule has 0 bridgehead atoms. The molecule has 0 saturated carbocycles. The summed E-state index contributed by atoms with van der Waals surface area (Å²) in [7, 11) is 0. The first kappa shape index (κ1) is 29.4. The van der Waals surface area contributed by atoms with Crippen LogP contribution in [0.3, 0.4) is 0 Å². The van der Waals surface area contributed by atoms with Crippen LogP contribution in [0.1, 0.15) is 27.8 Å². The van der Waals surface area contributed by atoms with Crippen LogP contribution in [0.25, 0.3) is 33.0 Å². The maximum absolute atomic E-state index is 9.97. The third-order valence-corrected chi connectivity index (χ3v) is 10.1. The highest BCUT2D eigenvalue weighted by atomic mass is 15.1. The Kier molecular flexibility index (Phi) is 7.12. The summed E-state index contributed by atoms with van der Waals surface area (Å²) < 4.78 is 0. The Labute approximate surface area is 292 Å². The molecular formula is C48H32N2. The molecular weight excluding hydrogens is 605 g/mol. The van der Waals surface area contributed by atoms with Crippen molar-refractivity contribution < 1.29 is 0 Å². The molecule has 50 heavy (non-hydrogen) atoms. The van der Waals surface area contributed by atoms with Gasteiger partial charge in [0.15, 0.2) is 0 Å². The van der Waals surface area contributed by atoms with E-state index in [9.17, 15) is 5.26 Å². The van der Waals surface area contributed by atoms with E-state index >= 15 is 0 Å². The smallest absolute Gasteiger partial charge is 0.0991 e. The molecule has 2 heteroatoms. The van der Waals surface area contributed by atoms with Crippen molar-refractivity contribution in [3.63, 3.8) is 0 Å². The van der Waals surface area contributed by atoms with Gasteiger partial charge in [-0.1, -0.05) is 127 Å². The monoisotopic (exact) mass is 636 g/mol. The van der Waals surface area contributed by atoms with Gasteiger partial charge in [-0.2, -0.15) is 5.26 Å². The maximum Gasteiger partial charge on any atom is 0.0991 e. The van der Waals surface area contributed by atoms with E-state index in [1.54, 1.807) is 0 Å². The van der Waals surface area contributed by atoms with Crippen LogP contribution in [0.5, 0.6) is 0 Å². The van der Waals surface area contributed by atoms with E-state index in [0.29, 0.717) is 5.56 Å². The number of benzene rings is 8. The Balaban J connectivity index is 1.27. The van der Waals surface area contributed by atoms with E-state index in [-0.39, 0.29) is 0 Å². The fourth-order valence-electron chi connectivity index (χ4n) is 7.92. The highest BCUT2D eigenvalue weighted by Crippen LogP contribution is 2.57. The van der Waals surface area contributed by atoms with E-state index in [1.165, 1.54) is 38.6 Å². The van der Waals surface area contributed by atoms with E-state index in [1.807, 2.05) is 6.07 Å². The highest BCUT2D eigenvalue weighted by molar-refractivity contribution is 5.96. The molecule has 0 aromatic heterocycles. The second-order valence-electron chi connectivity index (χ2n) is 12.9. The minimum absolute atomic E-state index is 0.586. The second-order valence-corrected chi connectivity index (χ2v) is 12.9. The molecule has 0 N–H and O–H groups in total. The summed E-state index contributed by atoms with van der Waals surface area (Å²) in [6.07, 6.45) is 0. The van der Waals surface area contributed by atoms with Crippen LogP contribution in [0, 0.1) is 11.3 Å². The molecule has 1 aliphatic rings. The molecule has 1 atom stereocenters. The standard InChI is InChI=1S/C48H32N2/c49-33-34-26-27-46-44(28-34)45-31-37-14-10-11-15-38(37)32-47(45)48(46,39-18-4-1-5-19-39)40-20-12-16-35(29-40)36-17-13-25-43(30-36)50(41-21-6-2-7-22-41)42-23-8-3-9-24-42/h1-32H. The van der Waals surface area contributed by atoms with Gasteiger partial charge < -0.3 is 4.90 Å². The SMILES string of the molecule is N#Cc1ccc2c(c1)-c1cc3ccccc3cc1C2(c1ccccc1)c1cccc(-c2cccc(N(c3ccccc3)c3ccccc3)c2)c1. The van der Waals surface area contributed by atoms with Crippen molar-refractivity contribution in [3.8, 4) is 28.3 Å². The lowest BCUT2D eigenvalue weighted by atomic mass is 9.67. The van der Waals surface area contributed by atoms with Crippen LogP contribution in [0.15, 0.2) is 194 Å². The zero-order chi connectivity index (χ0) is 33.5. The van der Waals surface area contributed by atoms with Crippen molar-refractivity contribution >= 4 is 27.8 Å². The summed E-state index contributed by atoms with van der Waals surface area (Å²) in [6, 6.07) is 71.6. The van der Waals surface area contributed by atoms with Gasteiger partial charge in [0, 0.05) is 17.1 Å². The van der Waals surface area contributed by atoms with Gasteiger partial charge in [0.05, 0.1) is 17.0 Å². The van der Waals surface area contributed by atoms with Crippen molar-refractivity contribution in [1.82, 2.24) is 0 Å². The Morgan fingerprint density at radius 2 is 0.940 bits per heavy atom. The lowest BCUT2D eigenvalue weighted by Crippen LogP contribution is -2.28. The average molecular weight is 637 g/mol. The van der Waals surface area contributed by atoms with Gasteiger partial charge in [0.25, 0.3) is 0 Å². The Hall–Kier alpha value is -6.69. The summed E-state index contributed by atoms with van der Waals surface area (Å²) in [5.41, 5.74) is 12.8. The fourth-order valence-corrected chi connectivity index (χ4v) is 7.92. The predicted molar refractivity (Wildman–Crippen MR) is 206 cm³/mol. The van der Waals surface area contributed by atoms with Gasteiger partial charge in [-0.15, -0.1) is 0 Å². The molecule has 0 aliphatic heterocycles. The molecule has 0 fully saturated rings. The molecule has 9 rings (SSSR count). The summed E-state index contributed by atoms with van der Waals surface area (Å²) >= 11 is 0. The summed E-state index contributed by atoms with van der Waals surface area (Å²) in [5, 5.41) is 12.4. The van der Waals surface area contributed by atoms with E-state index < -0.39 is 5.41 Å². The minimum atomic E-state index is -0.586. The predicted octanol–water partition coefficient (Wildman–Crippen LogP) is 12.2. The molecule has 234 valence electrons. The normalized spacial score (nSPS) is 14.5. The molecule has 0 amide bonds. The molecule has 1 aliphatic carbocycles. The number of hydrogen-bond donors (Lipinski definition) is 0. The molecule has 0 spiro atoms. The first-order chi connectivity index (χ1) is 24.7. The molecule has 8 aromatic carbocycles. The van der Waals surface area contributed by atoms with Gasteiger partial charge in [-0.25, -0.2) is 0 Å². The lowest BCUT2D eigenvalue weighted by Gasteiger charge is -2.34. The van der Waals surface area contributed by atoms with Crippen molar-refractivity contribution in [2.75, 3.05) is 4.90 Å². The number of hydrogen-bond acceptors (Lipinski definition) is 2. The molecule has 2 nitrogen and oxygen atoms in total. The van der Waals surface area contributed by atoms with Gasteiger partial charge in [0.2, 0.25) is 0 Å². The third kappa shape index (κ3) is 4.72. The van der Waals surface area contributed by atoms with E-state index in [0.717, 1.165) is 33.8 Å². The van der Waals surface area contributed by atoms with Crippen LogP contribution < -0.4 is 4.90 Å². The van der Waals surface area contributed by atoms with Gasteiger partial charge in [-0.3, -0.25) is 0 Å². The van der Waals surface area contributed by atoms with Crippen LogP contribution in [-0.4, -0.2) is 0 Å². The zero-order valence-electron chi connectivity index (χ0n) is 27.4. The van der Waals surface area contributed by atoms with Crippen molar-refractivity contribution in [2.24, 2.45) is 0 Å². The number of fused-ring (bicyclic) bond motifs is 4. The quantitative estimate of drug-likeness (QED) is 0.182. The molecule has 0 heterocycles. The topological polar surface area (TPSA) is 27.0 Å². The molecule has 0 saturated heterocycles. The third-order valence-electron chi connectivity index (χ3n) is 10.1. The first-order valence-electron chi connectivity index (χ1n) is 17.0. The first-order valence-corrected chi connectivity index (χ1v) is 17.0.